The summed E-state index contributed by atoms with van der Waals surface area (Å²) in [6.07, 6.45) is 0. The van der Waals surface area contributed by atoms with Gasteiger partial charge in [0.25, 0.3) is 0 Å². The van der Waals surface area contributed by atoms with E-state index in [4.69, 9.17) is 14.5 Å². The van der Waals surface area contributed by atoms with Gasteiger partial charge in [0.05, 0.1) is 31.3 Å². The van der Waals surface area contributed by atoms with Gasteiger partial charge >= 0.3 is 0 Å². The number of carbonyl (C=O) groups is 1. The fourth-order valence-electron chi connectivity index (χ4n) is 3.77. The van der Waals surface area contributed by atoms with E-state index in [0.29, 0.717) is 23.0 Å². The molecule has 3 aromatic rings. The number of hydrogen-bond donors (Lipinski definition) is 1. The van der Waals surface area contributed by atoms with Crippen LogP contribution in [0.25, 0.3) is 11.0 Å². The Balaban J connectivity index is 2.07. The van der Waals surface area contributed by atoms with Gasteiger partial charge in [-0.1, -0.05) is 12.1 Å². The highest BCUT2D eigenvalue weighted by molar-refractivity contribution is 5.98. The van der Waals surface area contributed by atoms with Gasteiger partial charge in [-0.05, 0) is 44.2 Å². The van der Waals surface area contributed by atoms with E-state index in [1.165, 1.54) is 0 Å². The largest absolute Gasteiger partial charge is 0.497 e. The summed E-state index contributed by atoms with van der Waals surface area (Å²) in [6, 6.07) is 13.2. The predicted molar refractivity (Wildman–Crippen MR) is 104 cm³/mol. The minimum atomic E-state index is -0.365. The van der Waals surface area contributed by atoms with Gasteiger partial charge in [0.1, 0.15) is 11.5 Å². The molecule has 1 aromatic heterocycles. The Hall–Kier alpha value is -3.28. The number of nitrogens with one attached hydrogen (secondary N) is 1. The molecule has 138 valence electrons. The van der Waals surface area contributed by atoms with Crippen LogP contribution < -0.4 is 14.8 Å². The van der Waals surface area contributed by atoms with Crippen molar-refractivity contribution in [2.75, 3.05) is 19.5 Å². The highest BCUT2D eigenvalue weighted by atomic mass is 16.5. The van der Waals surface area contributed by atoms with E-state index in [2.05, 4.69) is 9.88 Å². The third kappa shape index (κ3) is 2.65. The van der Waals surface area contributed by atoms with E-state index in [-0.39, 0.29) is 11.8 Å². The predicted octanol–water partition coefficient (Wildman–Crippen LogP) is 3.93. The number of hydrogen-bond acceptors (Lipinski definition) is 5. The van der Waals surface area contributed by atoms with E-state index in [9.17, 15) is 4.79 Å². The van der Waals surface area contributed by atoms with E-state index < -0.39 is 0 Å². The molecule has 0 amide bonds. The standard InChI is InChI=1S/C21H21N3O3/c1-12-19(13(2)25)20(15-11-14(26-3)9-10-18(15)27-4)24-17-8-6-5-7-16(17)23-21(24)22-12/h5-11,20H,1-4H3,(H,22,23). The van der Waals surface area contributed by atoms with Gasteiger partial charge in [-0.25, -0.2) is 4.98 Å². The normalized spacial score (nSPS) is 16.1. The Morgan fingerprint density at radius 3 is 2.63 bits per heavy atom. The summed E-state index contributed by atoms with van der Waals surface area (Å²) in [5.74, 6) is 2.10. The number of allylic oxidation sites excluding steroid dienone is 2. The second-order valence-electron chi connectivity index (χ2n) is 6.52. The lowest BCUT2D eigenvalue weighted by Gasteiger charge is -2.31. The number of Topliss-reactive ketones (excluding diaryl/α,β-unsaturated/α-hetero) is 1. The zero-order valence-electron chi connectivity index (χ0n) is 15.7. The third-order valence-corrected chi connectivity index (χ3v) is 4.94. The number of ether oxygens (including phenoxy) is 2. The minimum absolute atomic E-state index is 0.00157. The lowest BCUT2D eigenvalue weighted by Crippen LogP contribution is -2.27. The van der Waals surface area contributed by atoms with Gasteiger partial charge in [-0.2, -0.15) is 0 Å². The summed E-state index contributed by atoms with van der Waals surface area (Å²) in [4.78, 5) is 17.3. The van der Waals surface area contributed by atoms with Gasteiger partial charge in [-0.15, -0.1) is 0 Å². The van der Waals surface area contributed by atoms with E-state index in [1.807, 2.05) is 49.4 Å². The fourth-order valence-corrected chi connectivity index (χ4v) is 3.77. The Bertz CT molecular complexity index is 1080. The molecular formula is C21H21N3O3. The monoisotopic (exact) mass is 363 g/mol. The number of imidazole rings is 1. The van der Waals surface area contributed by atoms with Crippen LogP contribution >= 0.6 is 0 Å². The molecule has 0 radical (unpaired) electrons. The SMILES string of the molecule is COc1ccc(OC)c(C2C(C(C)=O)=C(C)Nc3nc4ccccc4n32)c1. The van der Waals surface area contributed by atoms with Gasteiger partial charge < -0.3 is 14.8 Å². The summed E-state index contributed by atoms with van der Waals surface area (Å²) in [5.41, 5.74) is 4.13. The topological polar surface area (TPSA) is 65.4 Å². The summed E-state index contributed by atoms with van der Waals surface area (Å²) in [5, 5.41) is 3.29. The summed E-state index contributed by atoms with van der Waals surface area (Å²) in [6.45, 7) is 3.49. The smallest absolute Gasteiger partial charge is 0.209 e. The quantitative estimate of drug-likeness (QED) is 0.761. The lowest BCUT2D eigenvalue weighted by molar-refractivity contribution is -0.114. The molecule has 1 atom stereocenters. The fraction of sp³-hybridized carbons (Fsp3) is 0.238. The molecule has 1 aliphatic heterocycles. The molecule has 2 heterocycles. The van der Waals surface area contributed by atoms with E-state index >= 15 is 0 Å². The van der Waals surface area contributed by atoms with Gasteiger partial charge in [0, 0.05) is 16.8 Å². The molecular weight excluding hydrogens is 342 g/mol. The zero-order valence-corrected chi connectivity index (χ0v) is 15.7. The Kier molecular flexibility index (Phi) is 4.11. The van der Waals surface area contributed by atoms with Crippen LogP contribution in [-0.2, 0) is 4.79 Å². The average Bonchev–Trinajstić information content (AvgIpc) is 3.03. The molecule has 0 spiro atoms. The third-order valence-electron chi connectivity index (χ3n) is 4.94. The van der Waals surface area contributed by atoms with Crippen LogP contribution in [0.5, 0.6) is 11.5 Å². The molecule has 27 heavy (non-hydrogen) atoms. The number of rotatable bonds is 4. The van der Waals surface area contributed by atoms with E-state index in [0.717, 1.165) is 22.3 Å². The first-order valence-corrected chi connectivity index (χ1v) is 8.72. The number of ketones is 1. The van der Waals surface area contributed by atoms with Crippen LogP contribution in [0, 0.1) is 0 Å². The highest BCUT2D eigenvalue weighted by Gasteiger charge is 2.34. The number of fused-ring (bicyclic) bond motifs is 3. The second-order valence-corrected chi connectivity index (χ2v) is 6.52. The number of carbonyl (C=O) groups excluding carboxylic acids is 1. The van der Waals surface area contributed by atoms with Crippen LogP contribution in [0.1, 0.15) is 25.5 Å². The molecule has 2 aromatic carbocycles. The van der Waals surface area contributed by atoms with Crippen LogP contribution in [-0.4, -0.2) is 29.6 Å². The highest BCUT2D eigenvalue weighted by Crippen LogP contribution is 2.43. The van der Waals surface area contributed by atoms with Crippen molar-refractivity contribution in [2.24, 2.45) is 0 Å². The van der Waals surface area contributed by atoms with Crippen molar-refractivity contribution in [1.82, 2.24) is 9.55 Å². The molecule has 0 aliphatic carbocycles. The van der Waals surface area contributed by atoms with Crippen molar-refractivity contribution in [3.63, 3.8) is 0 Å². The molecule has 1 unspecified atom stereocenters. The summed E-state index contributed by atoms with van der Waals surface area (Å²) >= 11 is 0. The van der Waals surface area contributed by atoms with E-state index in [1.54, 1.807) is 21.1 Å². The number of methoxy groups -OCH3 is 2. The molecule has 6 nitrogen and oxygen atoms in total. The minimum Gasteiger partial charge on any atom is -0.497 e. The number of anilines is 1. The second kappa shape index (κ2) is 6.46. The Labute approximate surface area is 157 Å². The van der Waals surface area contributed by atoms with Crippen molar-refractivity contribution in [1.29, 1.82) is 0 Å². The molecule has 1 N–H and O–H groups in total. The van der Waals surface area contributed by atoms with Crippen molar-refractivity contribution < 1.29 is 14.3 Å². The van der Waals surface area contributed by atoms with Crippen LogP contribution in [0.15, 0.2) is 53.7 Å². The first-order valence-electron chi connectivity index (χ1n) is 8.72. The summed E-state index contributed by atoms with van der Waals surface area (Å²) < 4.78 is 13.1. The maximum absolute atomic E-state index is 12.6. The number of benzene rings is 2. The van der Waals surface area contributed by atoms with Crippen molar-refractivity contribution in [3.05, 3.63) is 59.3 Å². The number of aromatic nitrogens is 2. The molecule has 0 bridgehead atoms. The maximum atomic E-state index is 12.6. The van der Waals surface area contributed by atoms with Crippen molar-refractivity contribution in [3.8, 4) is 11.5 Å². The first kappa shape index (κ1) is 17.1. The Morgan fingerprint density at radius 2 is 1.93 bits per heavy atom. The van der Waals surface area contributed by atoms with Gasteiger partial charge in [0.15, 0.2) is 5.78 Å². The zero-order chi connectivity index (χ0) is 19.1. The first-order chi connectivity index (χ1) is 13.0. The Morgan fingerprint density at radius 1 is 1.15 bits per heavy atom. The molecule has 4 rings (SSSR count). The van der Waals surface area contributed by atoms with Crippen LogP contribution in [0.4, 0.5) is 5.95 Å². The average molecular weight is 363 g/mol. The van der Waals surface area contributed by atoms with Gasteiger partial charge in [0.2, 0.25) is 5.95 Å². The van der Waals surface area contributed by atoms with Crippen LogP contribution in [0.2, 0.25) is 0 Å². The molecule has 0 saturated carbocycles. The molecule has 0 saturated heterocycles. The molecule has 6 heteroatoms. The maximum Gasteiger partial charge on any atom is 0.209 e. The number of nitrogens with zero attached hydrogens (tertiary/aromatic N) is 2. The number of para-hydroxylation sites is 2. The molecule has 0 fully saturated rings. The molecule has 1 aliphatic rings. The van der Waals surface area contributed by atoms with Crippen molar-refractivity contribution in [2.45, 2.75) is 19.9 Å². The van der Waals surface area contributed by atoms with Crippen LogP contribution in [0.3, 0.4) is 0 Å². The van der Waals surface area contributed by atoms with Gasteiger partial charge in [-0.3, -0.25) is 9.36 Å². The lowest BCUT2D eigenvalue weighted by atomic mass is 9.91. The van der Waals surface area contributed by atoms with Crippen molar-refractivity contribution >= 4 is 22.8 Å². The summed E-state index contributed by atoms with van der Waals surface area (Å²) in [7, 11) is 3.25.